The van der Waals surface area contributed by atoms with E-state index in [4.69, 9.17) is 5.11 Å². The highest BCUT2D eigenvalue weighted by Crippen LogP contribution is 2.27. The quantitative estimate of drug-likeness (QED) is 0.438. The number of anilines is 1. The van der Waals surface area contributed by atoms with Crippen LogP contribution in [0.5, 0.6) is 0 Å². The number of aromatic carboxylic acids is 2. The molecule has 0 aromatic heterocycles. The van der Waals surface area contributed by atoms with E-state index in [1.165, 1.54) is 12.1 Å². The monoisotopic (exact) mass is 412 g/mol. The smallest absolute Gasteiger partial charge is 0.336 e. The van der Waals surface area contributed by atoms with Gasteiger partial charge in [-0.25, -0.2) is 18.0 Å². The van der Waals surface area contributed by atoms with Gasteiger partial charge < -0.3 is 15.6 Å². The van der Waals surface area contributed by atoms with Crippen LogP contribution in [0.3, 0.4) is 0 Å². The minimum Gasteiger partial charge on any atom is -0.478 e. The van der Waals surface area contributed by atoms with E-state index in [-0.39, 0.29) is 10.6 Å². The number of carboxylic acids is 2. The maximum absolute atomic E-state index is 12.8. The molecule has 0 bridgehead atoms. The van der Waals surface area contributed by atoms with E-state index in [1.54, 1.807) is 42.5 Å². The number of benzene rings is 3. The fraction of sp³-hybridized carbons (Fsp3) is 0. The molecule has 4 N–H and O–H groups in total. The zero-order chi connectivity index (χ0) is 21.0. The Hall–Kier alpha value is -3.69. The second-order valence-electron chi connectivity index (χ2n) is 5.96. The first-order valence-electron chi connectivity index (χ1n) is 8.32. The Labute approximate surface area is 166 Å². The molecule has 9 heteroatoms. The predicted octanol–water partition coefficient (Wildman–Crippen LogP) is 3.06. The van der Waals surface area contributed by atoms with Crippen molar-refractivity contribution in [3.8, 4) is 11.1 Å². The lowest BCUT2D eigenvalue weighted by atomic mass is 10.1. The Balaban J connectivity index is 1.90. The molecule has 3 aromatic carbocycles. The summed E-state index contributed by atoms with van der Waals surface area (Å²) in [6.07, 6.45) is 0. The largest absolute Gasteiger partial charge is 0.478 e. The summed E-state index contributed by atoms with van der Waals surface area (Å²) in [6.45, 7) is 0. The number of hydrazine groups is 1. The molecule has 8 nitrogen and oxygen atoms in total. The first kappa shape index (κ1) is 20.1. The minimum atomic E-state index is -4.02. The van der Waals surface area contributed by atoms with Crippen LogP contribution >= 0.6 is 0 Å². The first-order valence-corrected chi connectivity index (χ1v) is 9.81. The fourth-order valence-electron chi connectivity index (χ4n) is 2.72. The molecule has 0 spiro atoms. The predicted molar refractivity (Wildman–Crippen MR) is 106 cm³/mol. The van der Waals surface area contributed by atoms with Crippen LogP contribution in [0, 0.1) is 0 Å². The molecule has 29 heavy (non-hydrogen) atoms. The third-order valence-corrected chi connectivity index (χ3v) is 5.38. The van der Waals surface area contributed by atoms with Crippen LogP contribution < -0.4 is 10.3 Å². The van der Waals surface area contributed by atoms with Gasteiger partial charge in [-0.1, -0.05) is 48.5 Å². The van der Waals surface area contributed by atoms with Crippen molar-refractivity contribution >= 4 is 27.6 Å². The van der Waals surface area contributed by atoms with Gasteiger partial charge in [0, 0.05) is 5.56 Å². The van der Waals surface area contributed by atoms with E-state index >= 15 is 0 Å². The fourth-order valence-corrected chi connectivity index (χ4v) is 3.82. The van der Waals surface area contributed by atoms with Gasteiger partial charge in [-0.05, 0) is 29.8 Å². The summed E-state index contributed by atoms with van der Waals surface area (Å²) < 4.78 is 25.6. The summed E-state index contributed by atoms with van der Waals surface area (Å²) in [5, 5.41) is 18.2. The molecule has 0 amide bonds. The van der Waals surface area contributed by atoms with Crippen LogP contribution in [0.2, 0.25) is 0 Å². The molecule has 0 saturated heterocycles. The lowest BCUT2D eigenvalue weighted by Gasteiger charge is -2.14. The minimum absolute atomic E-state index is 0.0271. The molecule has 0 saturated carbocycles. The molecule has 0 atom stereocenters. The van der Waals surface area contributed by atoms with Crippen molar-refractivity contribution in [3.63, 3.8) is 0 Å². The van der Waals surface area contributed by atoms with Gasteiger partial charge in [0.05, 0.1) is 21.7 Å². The average Bonchev–Trinajstić information content (AvgIpc) is 2.72. The number of hydrogen-bond donors (Lipinski definition) is 4. The number of nitrogens with one attached hydrogen (secondary N) is 2. The molecule has 0 aliphatic heterocycles. The number of carboxylic acid groups (broad SMARTS) is 2. The molecule has 3 rings (SSSR count). The van der Waals surface area contributed by atoms with E-state index in [0.717, 1.165) is 12.1 Å². The summed E-state index contributed by atoms with van der Waals surface area (Å²) >= 11 is 0. The summed E-state index contributed by atoms with van der Waals surface area (Å²) in [6, 6.07) is 18.8. The van der Waals surface area contributed by atoms with Crippen LogP contribution in [0.15, 0.2) is 77.7 Å². The lowest BCUT2D eigenvalue weighted by Crippen LogP contribution is -2.30. The van der Waals surface area contributed by atoms with Gasteiger partial charge in [0.2, 0.25) is 0 Å². The Morgan fingerprint density at radius 2 is 1.38 bits per heavy atom. The molecule has 148 valence electrons. The molecule has 0 radical (unpaired) electrons. The van der Waals surface area contributed by atoms with E-state index in [1.807, 2.05) is 6.07 Å². The summed E-state index contributed by atoms with van der Waals surface area (Å²) in [4.78, 5) is 24.6. The van der Waals surface area contributed by atoms with Crippen molar-refractivity contribution in [2.45, 2.75) is 4.90 Å². The SMILES string of the molecule is O=C(O)c1ccc(NNS(=O)(=O)c2ccccc2-c2ccccc2)cc1C(=O)O. The van der Waals surface area contributed by atoms with Crippen molar-refractivity contribution in [2.75, 3.05) is 5.43 Å². The molecule has 0 aliphatic carbocycles. The van der Waals surface area contributed by atoms with Gasteiger partial charge >= 0.3 is 11.9 Å². The Morgan fingerprint density at radius 3 is 2.03 bits per heavy atom. The van der Waals surface area contributed by atoms with Gasteiger partial charge in [-0.2, -0.15) is 0 Å². The second kappa shape index (κ2) is 8.13. The lowest BCUT2D eigenvalue weighted by molar-refractivity contribution is 0.0651. The molecule has 3 aromatic rings. The zero-order valence-electron chi connectivity index (χ0n) is 14.9. The highest BCUT2D eigenvalue weighted by atomic mass is 32.2. The van der Waals surface area contributed by atoms with E-state index in [9.17, 15) is 23.1 Å². The van der Waals surface area contributed by atoms with Gasteiger partial charge in [-0.15, -0.1) is 4.83 Å². The average molecular weight is 412 g/mol. The van der Waals surface area contributed by atoms with Crippen molar-refractivity contribution in [1.29, 1.82) is 0 Å². The molecule has 0 fully saturated rings. The highest BCUT2D eigenvalue weighted by molar-refractivity contribution is 7.89. The second-order valence-corrected chi connectivity index (χ2v) is 7.61. The Morgan fingerprint density at radius 1 is 0.759 bits per heavy atom. The van der Waals surface area contributed by atoms with Crippen molar-refractivity contribution in [2.24, 2.45) is 0 Å². The standard InChI is InChI=1S/C20H16N2O6S/c23-19(24)16-11-10-14(12-17(16)20(25)26)21-22-29(27,28)18-9-5-4-8-15(18)13-6-2-1-3-7-13/h1-12,21-22H,(H,23,24)(H,25,26). The maximum atomic E-state index is 12.8. The molecular weight excluding hydrogens is 396 g/mol. The van der Waals surface area contributed by atoms with Gasteiger partial charge in [-0.3, -0.25) is 0 Å². The van der Waals surface area contributed by atoms with Crippen LogP contribution in [0.1, 0.15) is 20.7 Å². The molecule has 0 aliphatic rings. The van der Waals surface area contributed by atoms with E-state index in [2.05, 4.69) is 10.3 Å². The van der Waals surface area contributed by atoms with Gasteiger partial charge in [0.15, 0.2) is 0 Å². The number of sulfonamides is 1. The summed E-state index contributed by atoms with van der Waals surface area (Å²) in [5.41, 5.74) is 2.85. The van der Waals surface area contributed by atoms with Crippen LogP contribution in [-0.2, 0) is 10.0 Å². The van der Waals surface area contributed by atoms with E-state index in [0.29, 0.717) is 11.1 Å². The summed E-state index contributed by atoms with van der Waals surface area (Å²) in [7, 11) is -4.02. The van der Waals surface area contributed by atoms with Crippen molar-refractivity contribution < 1.29 is 28.2 Å². The first-order chi connectivity index (χ1) is 13.8. The van der Waals surface area contributed by atoms with E-state index < -0.39 is 33.1 Å². The maximum Gasteiger partial charge on any atom is 0.336 e. The third kappa shape index (κ3) is 4.42. The number of carbonyl (C=O) groups is 2. The van der Waals surface area contributed by atoms with Crippen LogP contribution in [0.25, 0.3) is 11.1 Å². The normalized spacial score (nSPS) is 11.0. The number of hydrogen-bond acceptors (Lipinski definition) is 5. The molecule has 0 heterocycles. The van der Waals surface area contributed by atoms with Crippen LogP contribution in [-0.4, -0.2) is 30.6 Å². The molecule has 0 unspecified atom stereocenters. The molecular formula is C20H16N2O6S. The third-order valence-electron chi connectivity index (χ3n) is 4.07. The Kier molecular flexibility index (Phi) is 5.62. The summed E-state index contributed by atoms with van der Waals surface area (Å²) in [5.74, 6) is -2.84. The number of rotatable bonds is 7. The van der Waals surface area contributed by atoms with Gasteiger partial charge in [0.25, 0.3) is 10.0 Å². The van der Waals surface area contributed by atoms with Gasteiger partial charge in [0.1, 0.15) is 0 Å². The topological polar surface area (TPSA) is 133 Å². The highest BCUT2D eigenvalue weighted by Gasteiger charge is 2.20. The Bertz CT molecular complexity index is 1180. The van der Waals surface area contributed by atoms with Crippen LogP contribution in [0.4, 0.5) is 5.69 Å². The van der Waals surface area contributed by atoms with Crippen molar-refractivity contribution in [1.82, 2.24) is 4.83 Å². The zero-order valence-corrected chi connectivity index (χ0v) is 15.7. The van der Waals surface area contributed by atoms with Crippen molar-refractivity contribution in [3.05, 3.63) is 83.9 Å².